The van der Waals surface area contributed by atoms with Crippen LogP contribution in [0.25, 0.3) is 27.4 Å². The molecule has 1 saturated carbocycles. The van der Waals surface area contributed by atoms with E-state index in [1.54, 1.807) is 4.57 Å². The molecule has 5 nitrogen and oxygen atoms in total. The molecule has 180 valence electrons. The van der Waals surface area contributed by atoms with Crippen LogP contribution in [0, 0.1) is 11.8 Å². The third-order valence-corrected chi connectivity index (χ3v) is 7.32. The molecule has 0 saturated heterocycles. The van der Waals surface area contributed by atoms with E-state index in [2.05, 4.69) is 26.0 Å². The number of para-hydroxylation sites is 1. The van der Waals surface area contributed by atoms with E-state index in [-0.39, 0.29) is 23.4 Å². The molecule has 1 amide bonds. The lowest BCUT2D eigenvalue weighted by Crippen LogP contribution is -2.43. The molecule has 1 aromatic heterocycles. The summed E-state index contributed by atoms with van der Waals surface area (Å²) in [7, 11) is 0. The van der Waals surface area contributed by atoms with Gasteiger partial charge in [0.05, 0.1) is 22.6 Å². The molecule has 0 spiro atoms. The largest absolute Gasteiger partial charge is 0.333 e. The van der Waals surface area contributed by atoms with Crippen molar-refractivity contribution < 1.29 is 4.79 Å². The van der Waals surface area contributed by atoms with Crippen molar-refractivity contribution in [2.24, 2.45) is 11.8 Å². The van der Waals surface area contributed by atoms with Gasteiger partial charge in [-0.15, -0.1) is 0 Å². The van der Waals surface area contributed by atoms with Crippen LogP contribution in [0.15, 0.2) is 71.5 Å². The van der Waals surface area contributed by atoms with Crippen molar-refractivity contribution >= 4 is 27.6 Å². The lowest BCUT2D eigenvalue weighted by atomic mass is 9.84. The van der Waals surface area contributed by atoms with Gasteiger partial charge in [-0.25, -0.2) is 4.98 Å². The van der Waals surface area contributed by atoms with Crippen LogP contribution >= 0.6 is 0 Å². The van der Waals surface area contributed by atoms with Gasteiger partial charge in [0.25, 0.3) is 5.56 Å². The van der Waals surface area contributed by atoms with Gasteiger partial charge in [0.1, 0.15) is 5.82 Å². The molecule has 3 aromatic carbocycles. The zero-order valence-corrected chi connectivity index (χ0v) is 20.8. The number of hydrogen-bond donors (Lipinski definition) is 0. The SMILES string of the molecule is CC(C)CCN(C(=O)C1CCC1)C(C)c1nc2ccccc2c(=O)n1-c1ccc2ccccc2c1. The van der Waals surface area contributed by atoms with Crippen LogP contribution in [-0.2, 0) is 4.79 Å². The Bertz CT molecular complexity index is 1430. The minimum atomic E-state index is -0.328. The first-order valence-corrected chi connectivity index (χ1v) is 12.8. The van der Waals surface area contributed by atoms with Gasteiger partial charge in [-0.3, -0.25) is 14.2 Å². The number of amides is 1. The van der Waals surface area contributed by atoms with Gasteiger partial charge in [0.2, 0.25) is 5.91 Å². The summed E-state index contributed by atoms with van der Waals surface area (Å²) >= 11 is 0. The first-order chi connectivity index (χ1) is 16.9. The fraction of sp³-hybridized carbons (Fsp3) is 0.367. The summed E-state index contributed by atoms with van der Waals surface area (Å²) in [4.78, 5) is 34.4. The molecule has 1 fully saturated rings. The Morgan fingerprint density at radius 1 is 1.00 bits per heavy atom. The second kappa shape index (κ2) is 9.65. The topological polar surface area (TPSA) is 55.2 Å². The van der Waals surface area contributed by atoms with E-state index >= 15 is 0 Å². The number of rotatable bonds is 7. The first-order valence-electron chi connectivity index (χ1n) is 12.8. The molecule has 1 atom stereocenters. The van der Waals surface area contributed by atoms with Gasteiger partial charge in [-0.1, -0.05) is 62.7 Å². The number of benzene rings is 3. The minimum Gasteiger partial charge on any atom is -0.333 e. The lowest BCUT2D eigenvalue weighted by molar-refractivity contribution is -0.140. The van der Waals surface area contributed by atoms with Crippen LogP contribution in [0.3, 0.4) is 0 Å². The Morgan fingerprint density at radius 2 is 1.71 bits per heavy atom. The van der Waals surface area contributed by atoms with E-state index in [1.807, 2.05) is 66.4 Å². The molecular weight excluding hydrogens is 434 g/mol. The second-order valence-electron chi connectivity index (χ2n) is 10.2. The van der Waals surface area contributed by atoms with Gasteiger partial charge in [-0.05, 0) is 67.1 Å². The number of carbonyl (C=O) groups excluding carboxylic acids is 1. The summed E-state index contributed by atoms with van der Waals surface area (Å²) in [5.41, 5.74) is 1.33. The number of fused-ring (bicyclic) bond motifs is 2. The van der Waals surface area contributed by atoms with Crippen molar-refractivity contribution in [3.8, 4) is 5.69 Å². The predicted molar refractivity (Wildman–Crippen MR) is 142 cm³/mol. The van der Waals surface area contributed by atoms with E-state index in [4.69, 9.17) is 4.98 Å². The summed E-state index contributed by atoms with van der Waals surface area (Å²) in [6, 6.07) is 21.3. The Kier molecular flexibility index (Phi) is 6.42. The average Bonchev–Trinajstić information content (AvgIpc) is 2.82. The van der Waals surface area contributed by atoms with Crippen molar-refractivity contribution in [3.63, 3.8) is 0 Å². The molecule has 5 rings (SSSR count). The summed E-state index contributed by atoms with van der Waals surface area (Å²) in [5.74, 6) is 1.37. The highest BCUT2D eigenvalue weighted by atomic mass is 16.2. The van der Waals surface area contributed by atoms with Gasteiger partial charge >= 0.3 is 0 Å². The van der Waals surface area contributed by atoms with Gasteiger partial charge < -0.3 is 4.90 Å². The number of hydrogen-bond acceptors (Lipinski definition) is 3. The van der Waals surface area contributed by atoms with E-state index < -0.39 is 0 Å². The maximum atomic E-state index is 13.9. The maximum absolute atomic E-state index is 13.9. The highest BCUT2D eigenvalue weighted by Gasteiger charge is 2.34. The minimum absolute atomic E-state index is 0.0888. The average molecular weight is 468 g/mol. The summed E-state index contributed by atoms with van der Waals surface area (Å²) < 4.78 is 1.72. The molecule has 0 aliphatic heterocycles. The third kappa shape index (κ3) is 4.47. The Hall–Kier alpha value is -3.47. The highest BCUT2D eigenvalue weighted by molar-refractivity contribution is 5.85. The molecule has 1 aliphatic rings. The monoisotopic (exact) mass is 467 g/mol. The molecule has 0 bridgehead atoms. The summed E-state index contributed by atoms with van der Waals surface area (Å²) in [6.45, 7) is 7.03. The third-order valence-electron chi connectivity index (χ3n) is 7.32. The van der Waals surface area contributed by atoms with Gasteiger partial charge in [-0.2, -0.15) is 0 Å². The molecule has 0 radical (unpaired) electrons. The molecule has 0 N–H and O–H groups in total. The van der Waals surface area contributed by atoms with E-state index in [1.165, 1.54) is 0 Å². The van der Waals surface area contributed by atoms with Crippen molar-refractivity contribution in [3.05, 3.63) is 82.9 Å². The van der Waals surface area contributed by atoms with Gasteiger partial charge in [0.15, 0.2) is 0 Å². The van der Waals surface area contributed by atoms with Gasteiger partial charge in [0, 0.05) is 12.5 Å². The number of carbonyl (C=O) groups is 1. The van der Waals surface area contributed by atoms with Crippen LogP contribution in [0.5, 0.6) is 0 Å². The van der Waals surface area contributed by atoms with Crippen LogP contribution in [0.4, 0.5) is 0 Å². The molecular formula is C30H33N3O2. The normalized spacial score (nSPS) is 14.9. The van der Waals surface area contributed by atoms with Crippen molar-refractivity contribution in [1.29, 1.82) is 0 Å². The summed E-state index contributed by atoms with van der Waals surface area (Å²) in [5, 5.41) is 2.76. The van der Waals surface area contributed by atoms with Crippen molar-refractivity contribution in [2.75, 3.05) is 6.54 Å². The fourth-order valence-electron chi connectivity index (χ4n) is 4.92. The smallest absolute Gasteiger partial charge is 0.266 e. The maximum Gasteiger partial charge on any atom is 0.266 e. The summed E-state index contributed by atoms with van der Waals surface area (Å²) in [6.07, 6.45) is 3.92. The lowest BCUT2D eigenvalue weighted by Gasteiger charge is -2.36. The van der Waals surface area contributed by atoms with Crippen molar-refractivity contribution in [1.82, 2.24) is 14.5 Å². The zero-order chi connectivity index (χ0) is 24.5. The molecule has 1 unspecified atom stereocenters. The highest BCUT2D eigenvalue weighted by Crippen LogP contribution is 2.32. The Balaban J connectivity index is 1.68. The first kappa shape index (κ1) is 23.3. The second-order valence-corrected chi connectivity index (χ2v) is 10.2. The van der Waals surface area contributed by atoms with Crippen molar-refractivity contribution in [2.45, 2.75) is 52.5 Å². The predicted octanol–water partition coefficient (Wildman–Crippen LogP) is 6.27. The zero-order valence-electron chi connectivity index (χ0n) is 20.8. The molecule has 35 heavy (non-hydrogen) atoms. The van der Waals surface area contributed by atoms with E-state index in [0.717, 1.165) is 42.1 Å². The molecule has 5 heteroatoms. The molecule has 1 heterocycles. The Labute approximate surface area is 206 Å². The number of nitrogens with zero attached hydrogens (tertiary/aromatic N) is 3. The van der Waals surface area contributed by atoms with Crippen LogP contribution < -0.4 is 5.56 Å². The van der Waals surface area contributed by atoms with Crippen LogP contribution in [0.1, 0.15) is 58.3 Å². The van der Waals surface area contributed by atoms with E-state index in [0.29, 0.717) is 29.2 Å². The van der Waals surface area contributed by atoms with Crippen LogP contribution in [-0.4, -0.2) is 26.9 Å². The van der Waals surface area contributed by atoms with Crippen LogP contribution in [0.2, 0.25) is 0 Å². The number of aromatic nitrogens is 2. The molecule has 1 aliphatic carbocycles. The molecule has 4 aromatic rings. The van der Waals surface area contributed by atoms with E-state index in [9.17, 15) is 9.59 Å². The Morgan fingerprint density at radius 3 is 2.43 bits per heavy atom. The quantitative estimate of drug-likeness (QED) is 0.322. The standard InChI is InChI=1S/C30H33N3O2/c1-20(2)17-18-32(29(34)23-11-8-12-23)21(3)28-31-27-14-7-6-13-26(27)30(35)33(28)25-16-15-22-9-4-5-10-24(22)19-25/h4-7,9-10,13-16,19-21,23H,8,11-12,17-18H2,1-3H3. The fourth-order valence-corrected chi connectivity index (χ4v) is 4.92.